The van der Waals surface area contributed by atoms with Crippen LogP contribution in [-0.2, 0) is 23.9 Å². The molecule has 3 saturated heterocycles. The largest absolute Gasteiger partial charge is 0.496 e. The van der Waals surface area contributed by atoms with Crippen molar-refractivity contribution in [3.8, 4) is 16.9 Å². The summed E-state index contributed by atoms with van der Waals surface area (Å²) in [5, 5.41) is 8.02. The highest BCUT2D eigenvalue weighted by Gasteiger charge is 2.72. The lowest BCUT2D eigenvalue weighted by Crippen LogP contribution is -2.59. The summed E-state index contributed by atoms with van der Waals surface area (Å²) in [6.45, 7) is 2.65. The number of fused-ring (bicyclic) bond motifs is 3. The van der Waals surface area contributed by atoms with Gasteiger partial charge in [0.2, 0.25) is 11.8 Å². The van der Waals surface area contributed by atoms with E-state index in [9.17, 15) is 27.6 Å². The smallest absolute Gasteiger partial charge is 0.490 e. The summed E-state index contributed by atoms with van der Waals surface area (Å²) in [6.07, 6.45) is -2.95. The number of ether oxygens (including phenoxy) is 2. The number of halogens is 5. The number of methoxy groups -OCH3 is 2. The number of carbonyl (C=O) groups excluding carboxylic acids is 3. The van der Waals surface area contributed by atoms with E-state index in [1.54, 1.807) is 26.2 Å². The second kappa shape index (κ2) is 12.3. The van der Waals surface area contributed by atoms with Crippen molar-refractivity contribution in [2.45, 2.75) is 43.9 Å². The molecule has 4 atom stereocenters. The molecule has 0 bridgehead atoms. The molecule has 0 aliphatic carbocycles. The zero-order valence-electron chi connectivity index (χ0n) is 23.4. The van der Waals surface area contributed by atoms with E-state index in [0.717, 1.165) is 29.5 Å². The third kappa shape index (κ3) is 5.56. The standard InChI is InChI=1S/C27H28Cl2N2O5.C2HF3O2/c1-4-30-24(32)21-22(25(30)33)27(26(34)36-3)11-5-6-12-31(27)23(21)16-7-9-17(20(14-16)35-2)15-8-10-18(28)19(29)13-15;3-2(4,5)1(6)7/h7-10,13-14,21-23H,4-6,11-12H2,1-3H3;(H,6,7)/t21-,22-,23+,27-;/m0./s1. The minimum atomic E-state index is -5.08. The van der Waals surface area contributed by atoms with Crippen LogP contribution in [0.2, 0.25) is 10.0 Å². The van der Waals surface area contributed by atoms with Crippen LogP contribution >= 0.6 is 23.2 Å². The predicted octanol–water partition coefficient (Wildman–Crippen LogP) is 5.38. The third-order valence-electron chi connectivity index (χ3n) is 8.25. The van der Waals surface area contributed by atoms with E-state index in [1.165, 1.54) is 12.0 Å². The number of carboxylic acid groups (broad SMARTS) is 1. The van der Waals surface area contributed by atoms with Gasteiger partial charge in [-0.15, -0.1) is 0 Å². The van der Waals surface area contributed by atoms with E-state index in [2.05, 4.69) is 0 Å². The number of rotatable bonds is 5. The van der Waals surface area contributed by atoms with Gasteiger partial charge in [0.1, 0.15) is 11.3 Å². The van der Waals surface area contributed by atoms with Crippen molar-refractivity contribution >= 4 is 47.0 Å². The monoisotopic (exact) mass is 644 g/mol. The summed E-state index contributed by atoms with van der Waals surface area (Å²) < 4.78 is 42.8. The second-order valence-electron chi connectivity index (χ2n) is 10.3. The highest BCUT2D eigenvalue weighted by Crippen LogP contribution is 2.58. The summed E-state index contributed by atoms with van der Waals surface area (Å²) in [4.78, 5) is 52.7. The van der Waals surface area contributed by atoms with E-state index in [4.69, 9.17) is 42.6 Å². The molecule has 0 aromatic heterocycles. The van der Waals surface area contributed by atoms with Crippen LogP contribution in [-0.4, -0.2) is 77.7 Å². The molecule has 3 heterocycles. The molecule has 3 aliphatic rings. The van der Waals surface area contributed by atoms with Crippen LogP contribution < -0.4 is 4.74 Å². The molecule has 1 N–H and O–H groups in total. The number of imide groups is 1. The SMILES string of the molecule is CCN1C(=O)[C@@H]2[C@@H](c3ccc(-c4ccc(Cl)c(Cl)c4)c(OC)c3)N3CCCC[C@@]3(C(=O)OC)[C@@H]2C1=O.O=C(O)C(F)(F)F. The summed E-state index contributed by atoms with van der Waals surface area (Å²) in [5.41, 5.74) is 1.31. The lowest BCUT2D eigenvalue weighted by molar-refractivity contribution is -0.192. The minimum Gasteiger partial charge on any atom is -0.496 e. The first-order valence-corrected chi connectivity index (χ1v) is 14.1. The Kier molecular flexibility index (Phi) is 9.34. The van der Waals surface area contributed by atoms with Crippen molar-refractivity contribution in [2.75, 3.05) is 27.3 Å². The number of aliphatic carboxylic acids is 1. The van der Waals surface area contributed by atoms with Crippen molar-refractivity contribution in [2.24, 2.45) is 11.8 Å². The van der Waals surface area contributed by atoms with Crippen LogP contribution in [0.15, 0.2) is 36.4 Å². The number of hydrogen-bond acceptors (Lipinski definition) is 7. The molecule has 0 radical (unpaired) electrons. The molecule has 0 spiro atoms. The van der Waals surface area contributed by atoms with Gasteiger partial charge in [-0.2, -0.15) is 13.2 Å². The van der Waals surface area contributed by atoms with E-state index in [-0.39, 0.29) is 18.4 Å². The Morgan fingerprint density at radius 2 is 1.72 bits per heavy atom. The van der Waals surface area contributed by atoms with Crippen LogP contribution in [0.1, 0.15) is 37.8 Å². The van der Waals surface area contributed by atoms with Gasteiger partial charge in [0.15, 0.2) is 0 Å². The van der Waals surface area contributed by atoms with Gasteiger partial charge in [0, 0.05) is 18.2 Å². The highest BCUT2D eigenvalue weighted by atomic mass is 35.5. The highest BCUT2D eigenvalue weighted by molar-refractivity contribution is 6.42. The molecule has 0 unspecified atom stereocenters. The number of alkyl halides is 3. The second-order valence-corrected chi connectivity index (χ2v) is 11.1. The maximum atomic E-state index is 13.6. The van der Waals surface area contributed by atoms with Crippen LogP contribution in [0.5, 0.6) is 5.75 Å². The zero-order valence-corrected chi connectivity index (χ0v) is 24.9. The lowest BCUT2D eigenvalue weighted by Gasteiger charge is -2.44. The molecule has 2 amide bonds. The normalized spacial score (nSPS) is 25.0. The first-order valence-electron chi connectivity index (χ1n) is 13.4. The molecule has 9 nitrogen and oxygen atoms in total. The molecular formula is C29H29Cl2F3N2O7. The number of esters is 1. The molecule has 3 fully saturated rings. The van der Waals surface area contributed by atoms with Gasteiger partial charge in [-0.1, -0.05) is 41.4 Å². The van der Waals surface area contributed by atoms with Gasteiger partial charge in [0.05, 0.1) is 36.1 Å². The topological polar surface area (TPSA) is 113 Å². The Labute approximate surface area is 255 Å². The molecular weight excluding hydrogens is 616 g/mol. The van der Waals surface area contributed by atoms with Crippen molar-refractivity contribution in [1.29, 1.82) is 0 Å². The molecule has 5 rings (SSSR count). The lowest BCUT2D eigenvalue weighted by atomic mass is 9.75. The predicted molar refractivity (Wildman–Crippen MR) is 150 cm³/mol. The molecule has 2 aromatic rings. The number of hydrogen-bond donors (Lipinski definition) is 1. The van der Waals surface area contributed by atoms with Crippen LogP contribution in [0.3, 0.4) is 0 Å². The maximum absolute atomic E-state index is 13.6. The van der Waals surface area contributed by atoms with Crippen molar-refractivity contribution in [3.05, 3.63) is 52.0 Å². The van der Waals surface area contributed by atoms with Crippen LogP contribution in [0.25, 0.3) is 11.1 Å². The first kappa shape index (κ1) is 32.6. The number of benzene rings is 2. The van der Waals surface area contributed by atoms with Gasteiger partial charge in [-0.05, 0) is 62.1 Å². The molecule has 0 saturated carbocycles. The Morgan fingerprint density at radius 1 is 1.05 bits per heavy atom. The quantitative estimate of drug-likeness (QED) is 0.341. The van der Waals surface area contributed by atoms with E-state index < -0.39 is 41.5 Å². The molecule has 232 valence electrons. The first-order chi connectivity index (χ1) is 20.2. The Bertz CT molecular complexity index is 1450. The molecule has 2 aromatic carbocycles. The Balaban J connectivity index is 0.000000541. The molecule has 14 heteroatoms. The fourth-order valence-electron chi connectivity index (χ4n) is 6.52. The average Bonchev–Trinajstić information content (AvgIpc) is 3.43. The number of nitrogens with zero attached hydrogens (tertiary/aromatic N) is 2. The van der Waals surface area contributed by atoms with Crippen LogP contribution in [0.4, 0.5) is 13.2 Å². The average molecular weight is 645 g/mol. The third-order valence-corrected chi connectivity index (χ3v) is 8.99. The van der Waals surface area contributed by atoms with Crippen molar-refractivity contribution in [3.63, 3.8) is 0 Å². The van der Waals surface area contributed by atoms with Crippen LogP contribution in [0, 0.1) is 11.8 Å². The number of carboxylic acids is 1. The van der Waals surface area contributed by atoms with Gasteiger partial charge in [0.25, 0.3) is 0 Å². The van der Waals surface area contributed by atoms with E-state index in [1.807, 2.05) is 29.2 Å². The number of likely N-dealkylation sites (tertiary alicyclic amines) is 1. The van der Waals surface area contributed by atoms with Gasteiger partial charge < -0.3 is 14.6 Å². The van der Waals surface area contributed by atoms with Crippen molar-refractivity contribution in [1.82, 2.24) is 9.80 Å². The zero-order chi connectivity index (χ0) is 31.9. The fraction of sp³-hybridized carbons (Fsp3) is 0.448. The Hall–Kier alpha value is -3.35. The van der Waals surface area contributed by atoms with E-state index in [0.29, 0.717) is 28.8 Å². The molecule has 43 heavy (non-hydrogen) atoms. The van der Waals surface area contributed by atoms with Crippen molar-refractivity contribution < 1.29 is 46.9 Å². The van der Waals surface area contributed by atoms with Gasteiger partial charge in [-0.25, -0.2) is 4.79 Å². The van der Waals surface area contributed by atoms with Gasteiger partial charge in [-0.3, -0.25) is 24.2 Å². The summed E-state index contributed by atoms with van der Waals surface area (Å²) in [6, 6.07) is 10.7. The van der Waals surface area contributed by atoms with E-state index >= 15 is 0 Å². The fourth-order valence-corrected chi connectivity index (χ4v) is 6.82. The van der Waals surface area contributed by atoms with Gasteiger partial charge >= 0.3 is 18.1 Å². The number of carbonyl (C=O) groups is 4. The summed E-state index contributed by atoms with van der Waals surface area (Å²) in [5.74, 6) is -4.57. The minimum absolute atomic E-state index is 0.234. The number of amides is 2. The summed E-state index contributed by atoms with van der Waals surface area (Å²) in [7, 11) is 2.93. The number of piperidine rings is 1. The Morgan fingerprint density at radius 3 is 2.28 bits per heavy atom. The summed E-state index contributed by atoms with van der Waals surface area (Å²) >= 11 is 12.3. The maximum Gasteiger partial charge on any atom is 0.490 e. The molecule has 3 aliphatic heterocycles.